The van der Waals surface area contributed by atoms with Gasteiger partial charge in [0.15, 0.2) is 11.5 Å². The largest absolute Gasteiger partial charge is 0.540 e. The lowest BCUT2D eigenvalue weighted by Crippen LogP contribution is -2.18. The van der Waals surface area contributed by atoms with Crippen molar-refractivity contribution >= 4 is 21.1 Å². The van der Waals surface area contributed by atoms with Crippen LogP contribution in [0.5, 0.6) is 17.2 Å². The quantitative estimate of drug-likeness (QED) is 0.633. The van der Waals surface area contributed by atoms with E-state index in [9.17, 15) is 4.79 Å². The minimum absolute atomic E-state index is 0.224. The Morgan fingerprint density at radius 2 is 1.78 bits per heavy atom. The van der Waals surface area contributed by atoms with Crippen molar-refractivity contribution in [3.8, 4) is 17.2 Å². The highest BCUT2D eigenvalue weighted by atomic mass is 28.3. The second kappa shape index (κ2) is 7.54. The molecular weight excluding hydrogens is 312 g/mol. The first-order valence-corrected chi connectivity index (χ1v) is 9.71. The fourth-order valence-electron chi connectivity index (χ4n) is 2.30. The Hall–Kier alpha value is -1.95. The van der Waals surface area contributed by atoms with Gasteiger partial charge in [-0.15, -0.1) is 0 Å². The third-order valence-corrected chi connectivity index (χ3v) is 3.73. The molecule has 1 radical (unpaired) electrons. The number of benzene rings is 1. The molecule has 0 aromatic heterocycles. The average molecular weight is 337 g/mol. The van der Waals surface area contributed by atoms with Crippen molar-refractivity contribution in [1.82, 2.24) is 0 Å². The van der Waals surface area contributed by atoms with E-state index in [1.54, 1.807) is 20.3 Å². The number of carboxylic acid groups (broad SMARTS) is 1. The van der Waals surface area contributed by atoms with E-state index in [0.717, 1.165) is 11.6 Å². The van der Waals surface area contributed by atoms with E-state index in [4.69, 9.17) is 19.0 Å². The van der Waals surface area contributed by atoms with E-state index in [0.29, 0.717) is 22.8 Å². The van der Waals surface area contributed by atoms with Crippen molar-refractivity contribution in [3.63, 3.8) is 0 Å². The van der Waals surface area contributed by atoms with E-state index < -0.39 is 15.0 Å². The van der Waals surface area contributed by atoms with Crippen LogP contribution in [0, 0.1) is 0 Å². The zero-order valence-electron chi connectivity index (χ0n) is 14.8. The molecule has 0 heterocycles. The SMILES string of the molecule is COc1cc(/C=C/C(=O)O)c(O[Si](C)C)c(OC)c1C(C)(C)C. The number of rotatable bonds is 6. The normalized spacial score (nSPS) is 11.8. The third kappa shape index (κ3) is 4.76. The first kappa shape index (κ1) is 19.1. The van der Waals surface area contributed by atoms with Gasteiger partial charge in [0.1, 0.15) is 5.75 Å². The number of ether oxygens (including phenoxy) is 2. The van der Waals surface area contributed by atoms with E-state index in [-0.39, 0.29) is 5.41 Å². The molecule has 5 nitrogen and oxygen atoms in total. The number of methoxy groups -OCH3 is 2. The molecule has 0 spiro atoms. The van der Waals surface area contributed by atoms with E-state index >= 15 is 0 Å². The van der Waals surface area contributed by atoms with Gasteiger partial charge < -0.3 is 19.0 Å². The molecule has 6 heteroatoms. The molecule has 0 fully saturated rings. The molecule has 0 aliphatic carbocycles. The van der Waals surface area contributed by atoms with Gasteiger partial charge in [-0.25, -0.2) is 4.79 Å². The topological polar surface area (TPSA) is 65.0 Å². The Bertz CT molecular complexity index is 600. The van der Waals surface area contributed by atoms with Crippen LogP contribution in [-0.4, -0.2) is 34.3 Å². The molecule has 127 valence electrons. The maximum absolute atomic E-state index is 10.9. The molecule has 0 amide bonds. The fourth-order valence-corrected chi connectivity index (χ4v) is 2.91. The van der Waals surface area contributed by atoms with Gasteiger partial charge in [0.05, 0.1) is 14.2 Å². The standard InChI is InChI=1S/C17H25O5Si/c1-17(2,3)14-12(20-4)10-11(8-9-13(18)19)15(16(14)21-5)22-23(6)7/h8-10H,1-7H3,(H,18,19)/b9-8+. The third-order valence-electron chi connectivity index (χ3n) is 3.11. The lowest BCUT2D eigenvalue weighted by molar-refractivity contribution is -0.131. The van der Waals surface area contributed by atoms with Gasteiger partial charge in [-0.3, -0.25) is 0 Å². The van der Waals surface area contributed by atoms with Crippen LogP contribution >= 0.6 is 0 Å². The number of carbonyl (C=O) groups is 1. The maximum atomic E-state index is 10.9. The van der Waals surface area contributed by atoms with E-state index in [2.05, 4.69) is 20.8 Å². The van der Waals surface area contributed by atoms with Gasteiger partial charge >= 0.3 is 5.97 Å². The van der Waals surface area contributed by atoms with Crippen LogP contribution in [0.25, 0.3) is 6.08 Å². The van der Waals surface area contributed by atoms with Crippen LogP contribution in [0.15, 0.2) is 12.1 Å². The second-order valence-corrected chi connectivity index (χ2v) is 8.36. The average Bonchev–Trinajstić information content (AvgIpc) is 2.43. The number of hydrogen-bond acceptors (Lipinski definition) is 4. The highest BCUT2D eigenvalue weighted by molar-refractivity contribution is 6.49. The van der Waals surface area contributed by atoms with Gasteiger partial charge in [0.2, 0.25) is 0 Å². The first-order valence-electron chi connectivity index (χ1n) is 7.30. The lowest BCUT2D eigenvalue weighted by Gasteiger charge is -2.28. The molecule has 1 N–H and O–H groups in total. The molecule has 0 bridgehead atoms. The van der Waals surface area contributed by atoms with Crippen LogP contribution in [0.4, 0.5) is 0 Å². The van der Waals surface area contributed by atoms with Crippen LogP contribution in [0.3, 0.4) is 0 Å². The summed E-state index contributed by atoms with van der Waals surface area (Å²) in [4.78, 5) is 10.9. The summed E-state index contributed by atoms with van der Waals surface area (Å²) in [6.45, 7) is 10.2. The Kier molecular flexibility index (Phi) is 6.26. The number of aliphatic carboxylic acids is 1. The van der Waals surface area contributed by atoms with Crippen molar-refractivity contribution in [2.75, 3.05) is 14.2 Å². The molecule has 0 atom stereocenters. The number of hydrogen-bond donors (Lipinski definition) is 1. The van der Waals surface area contributed by atoms with E-state index in [1.165, 1.54) is 6.08 Å². The van der Waals surface area contributed by atoms with Crippen molar-refractivity contribution in [2.45, 2.75) is 39.3 Å². The van der Waals surface area contributed by atoms with Gasteiger partial charge in [0.25, 0.3) is 9.04 Å². The molecule has 1 aromatic carbocycles. The molecule has 0 aliphatic heterocycles. The van der Waals surface area contributed by atoms with Crippen molar-refractivity contribution in [1.29, 1.82) is 0 Å². The fraction of sp³-hybridized carbons (Fsp3) is 0.471. The Morgan fingerprint density at radius 3 is 2.17 bits per heavy atom. The van der Waals surface area contributed by atoms with Crippen molar-refractivity contribution < 1.29 is 23.8 Å². The highest BCUT2D eigenvalue weighted by Gasteiger charge is 2.29. The minimum Gasteiger partial charge on any atom is -0.540 e. The van der Waals surface area contributed by atoms with Gasteiger partial charge in [-0.1, -0.05) is 20.8 Å². The minimum atomic E-state index is -1.06. The summed E-state index contributed by atoms with van der Waals surface area (Å²) in [5.41, 5.74) is 1.30. The van der Waals surface area contributed by atoms with Gasteiger partial charge in [-0.05, 0) is 30.7 Å². The molecule has 23 heavy (non-hydrogen) atoms. The Balaban J connectivity index is 3.73. The summed E-state index contributed by atoms with van der Waals surface area (Å²) in [5.74, 6) is 0.780. The van der Waals surface area contributed by atoms with Crippen LogP contribution in [0.2, 0.25) is 13.1 Å². The van der Waals surface area contributed by atoms with Gasteiger partial charge in [0, 0.05) is 17.2 Å². The lowest BCUT2D eigenvalue weighted by atomic mass is 9.84. The van der Waals surface area contributed by atoms with Crippen LogP contribution in [-0.2, 0) is 10.2 Å². The molecular formula is C17H25O5Si. The molecule has 0 unspecified atom stereocenters. The highest BCUT2D eigenvalue weighted by Crippen LogP contribution is 2.47. The predicted octanol–water partition coefficient (Wildman–Crippen LogP) is 3.73. The molecule has 1 aromatic rings. The smallest absolute Gasteiger partial charge is 0.328 e. The van der Waals surface area contributed by atoms with E-state index in [1.807, 2.05) is 13.1 Å². The van der Waals surface area contributed by atoms with Crippen molar-refractivity contribution in [3.05, 3.63) is 23.3 Å². The monoisotopic (exact) mass is 337 g/mol. The number of carboxylic acids is 1. The maximum Gasteiger partial charge on any atom is 0.328 e. The summed E-state index contributed by atoms with van der Waals surface area (Å²) in [6.07, 6.45) is 2.58. The van der Waals surface area contributed by atoms with Crippen LogP contribution in [0.1, 0.15) is 31.9 Å². The Morgan fingerprint density at radius 1 is 1.17 bits per heavy atom. The summed E-state index contributed by atoms with van der Waals surface area (Å²) < 4.78 is 17.1. The molecule has 0 aliphatic rings. The molecule has 1 rings (SSSR count). The summed E-state index contributed by atoms with van der Waals surface area (Å²) >= 11 is 0. The van der Waals surface area contributed by atoms with Gasteiger partial charge in [-0.2, -0.15) is 0 Å². The molecule has 0 saturated heterocycles. The zero-order chi connectivity index (χ0) is 17.8. The predicted molar refractivity (Wildman–Crippen MR) is 93.0 cm³/mol. The molecule has 0 saturated carbocycles. The first-order chi connectivity index (χ1) is 10.6. The summed E-state index contributed by atoms with van der Waals surface area (Å²) in [6, 6.07) is 1.79. The zero-order valence-corrected chi connectivity index (χ0v) is 15.8. The second-order valence-electron chi connectivity index (χ2n) is 6.34. The Labute approximate surface area is 139 Å². The van der Waals surface area contributed by atoms with Crippen LogP contribution < -0.4 is 13.9 Å². The summed E-state index contributed by atoms with van der Waals surface area (Å²) in [5, 5.41) is 8.90. The van der Waals surface area contributed by atoms with Crippen molar-refractivity contribution in [2.24, 2.45) is 0 Å². The summed E-state index contributed by atoms with van der Waals surface area (Å²) in [7, 11) is 2.11.